The van der Waals surface area contributed by atoms with Crippen molar-refractivity contribution in [3.8, 4) is 0 Å². The van der Waals surface area contributed by atoms with E-state index in [1.54, 1.807) is 18.3 Å². The molecule has 3 N–H and O–H groups in total. The number of rotatable bonds is 3. The van der Waals surface area contributed by atoms with Gasteiger partial charge in [0.1, 0.15) is 5.82 Å². The molecule has 134 valence electrons. The molecule has 6 nitrogen and oxygen atoms in total. The molecule has 1 atom stereocenters. The van der Waals surface area contributed by atoms with E-state index in [2.05, 4.69) is 9.98 Å². The quantitative estimate of drug-likeness (QED) is 0.752. The lowest BCUT2D eigenvalue weighted by molar-refractivity contribution is -0.118. The summed E-state index contributed by atoms with van der Waals surface area (Å²) in [7, 11) is 0. The zero-order valence-electron chi connectivity index (χ0n) is 14.5. The highest BCUT2D eigenvalue weighted by atomic mass is 16.3. The van der Waals surface area contributed by atoms with Crippen molar-refractivity contribution < 1.29 is 9.90 Å². The molecule has 1 aliphatic heterocycles. The summed E-state index contributed by atoms with van der Waals surface area (Å²) in [6, 6.07) is 20.6. The average molecular weight is 358 g/mol. The van der Waals surface area contributed by atoms with Crippen LogP contribution in [0.4, 0.5) is 11.5 Å². The molecule has 27 heavy (non-hydrogen) atoms. The molecule has 0 saturated carbocycles. The van der Waals surface area contributed by atoms with E-state index >= 15 is 0 Å². The number of aliphatic hydroxyl groups excluding tert-OH is 1. The topological polar surface area (TPSA) is 91.8 Å². The molecule has 6 heteroatoms. The Morgan fingerprint density at radius 1 is 1.00 bits per heavy atom. The molecular formula is C21H18N4O2. The minimum atomic E-state index is -1.05. The lowest BCUT2D eigenvalue weighted by Gasteiger charge is -2.23. The molecule has 1 amide bonds. The Morgan fingerprint density at radius 2 is 1.74 bits per heavy atom. The normalized spacial score (nSPS) is 16.5. The van der Waals surface area contributed by atoms with E-state index in [9.17, 15) is 9.90 Å². The van der Waals surface area contributed by atoms with E-state index < -0.39 is 6.17 Å². The second-order valence-electron chi connectivity index (χ2n) is 6.16. The van der Waals surface area contributed by atoms with Gasteiger partial charge in [0, 0.05) is 17.3 Å². The van der Waals surface area contributed by atoms with Crippen molar-refractivity contribution in [2.24, 2.45) is 10.7 Å². The minimum Gasteiger partial charge on any atom is -0.392 e. The van der Waals surface area contributed by atoms with Gasteiger partial charge < -0.3 is 10.8 Å². The number of aliphatic imine (C=N–C) groups is 1. The highest BCUT2D eigenvalue weighted by molar-refractivity contribution is 6.21. The number of anilines is 2. The predicted octanol–water partition coefficient (Wildman–Crippen LogP) is 2.37. The molecule has 0 bridgehead atoms. The number of hydrogen-bond donors (Lipinski definition) is 2. The van der Waals surface area contributed by atoms with Crippen LogP contribution >= 0.6 is 0 Å². The monoisotopic (exact) mass is 358 g/mol. The van der Waals surface area contributed by atoms with Crippen LogP contribution in [0.25, 0.3) is 0 Å². The Morgan fingerprint density at radius 3 is 2.44 bits per heavy atom. The van der Waals surface area contributed by atoms with Crippen LogP contribution in [0.1, 0.15) is 16.7 Å². The molecule has 3 aromatic rings. The van der Waals surface area contributed by atoms with Gasteiger partial charge in [-0.15, -0.1) is 0 Å². The highest BCUT2D eigenvalue weighted by Crippen LogP contribution is 2.32. The number of nitrogens with zero attached hydrogens (tertiary/aromatic N) is 3. The van der Waals surface area contributed by atoms with E-state index in [0.717, 1.165) is 11.1 Å². The summed E-state index contributed by atoms with van der Waals surface area (Å²) in [6.45, 7) is -0.113. The molecule has 0 aliphatic carbocycles. The number of benzodiazepines with no additional fused rings is 1. The first-order valence-electron chi connectivity index (χ1n) is 8.57. The van der Waals surface area contributed by atoms with Crippen LogP contribution in [0.5, 0.6) is 0 Å². The van der Waals surface area contributed by atoms with Crippen LogP contribution in [-0.4, -0.2) is 27.9 Å². The van der Waals surface area contributed by atoms with Crippen LogP contribution in [-0.2, 0) is 11.4 Å². The Hall–Kier alpha value is -3.35. The van der Waals surface area contributed by atoms with Gasteiger partial charge in [0.25, 0.3) is 5.91 Å². The number of nitrogens with two attached hydrogens (primary N) is 1. The number of para-hydroxylation sites is 1. The fourth-order valence-electron chi connectivity index (χ4n) is 3.09. The Balaban J connectivity index is 1.90. The van der Waals surface area contributed by atoms with Gasteiger partial charge in [-0.1, -0.05) is 54.6 Å². The number of aliphatic hydroxyl groups is 1. The fraction of sp³-hybridized carbons (Fsp3) is 0.0952. The first-order valence-corrected chi connectivity index (χ1v) is 8.57. The zero-order chi connectivity index (χ0) is 18.8. The van der Waals surface area contributed by atoms with E-state index in [4.69, 9.17) is 5.73 Å². The van der Waals surface area contributed by atoms with Crippen LogP contribution in [0, 0.1) is 0 Å². The standard InChI is InChI=1S/C21H18N4O2/c22-20-21(27)25(18-11-10-14(13-26)12-23-18)17-9-5-4-8-16(17)19(24-20)15-6-2-1-3-7-15/h1-12,20,26H,13,22H2/t20-/m0/s1. The molecule has 0 radical (unpaired) electrons. The molecule has 0 unspecified atom stereocenters. The van der Waals surface area contributed by atoms with Crippen LogP contribution in [0.15, 0.2) is 77.9 Å². The number of fused-ring (bicyclic) bond motifs is 1. The summed E-state index contributed by atoms with van der Waals surface area (Å²) >= 11 is 0. The van der Waals surface area contributed by atoms with Gasteiger partial charge in [-0.3, -0.25) is 14.7 Å². The maximum absolute atomic E-state index is 13.0. The van der Waals surface area contributed by atoms with Gasteiger partial charge in [-0.25, -0.2) is 4.98 Å². The number of carbonyl (C=O) groups is 1. The van der Waals surface area contributed by atoms with Gasteiger partial charge in [-0.2, -0.15) is 0 Å². The third-order valence-electron chi connectivity index (χ3n) is 4.41. The number of carbonyl (C=O) groups excluding carboxylic acids is 1. The molecule has 1 aromatic heterocycles. The fourth-order valence-corrected chi connectivity index (χ4v) is 3.09. The maximum atomic E-state index is 13.0. The number of amides is 1. The first kappa shape index (κ1) is 17.1. The summed E-state index contributed by atoms with van der Waals surface area (Å²) in [6.07, 6.45) is 0.493. The van der Waals surface area contributed by atoms with Crippen LogP contribution in [0.3, 0.4) is 0 Å². The van der Waals surface area contributed by atoms with Crippen molar-refractivity contribution in [2.75, 3.05) is 4.90 Å². The molecule has 1 aliphatic rings. The van der Waals surface area contributed by atoms with E-state index in [1.807, 2.05) is 54.6 Å². The number of aromatic nitrogens is 1. The Kier molecular flexibility index (Phi) is 4.50. The van der Waals surface area contributed by atoms with Gasteiger partial charge in [0.15, 0.2) is 6.17 Å². The highest BCUT2D eigenvalue weighted by Gasteiger charge is 2.31. The first-order chi connectivity index (χ1) is 13.2. The van der Waals surface area contributed by atoms with Crippen molar-refractivity contribution >= 4 is 23.1 Å². The number of benzene rings is 2. The minimum absolute atomic E-state index is 0.113. The van der Waals surface area contributed by atoms with Gasteiger partial charge in [0.2, 0.25) is 0 Å². The molecule has 0 fully saturated rings. The lowest BCUT2D eigenvalue weighted by Crippen LogP contribution is -2.40. The van der Waals surface area contributed by atoms with E-state index in [-0.39, 0.29) is 12.5 Å². The molecule has 4 rings (SSSR count). The average Bonchev–Trinajstić information content (AvgIpc) is 2.84. The maximum Gasteiger partial charge on any atom is 0.272 e. The number of hydrogen-bond acceptors (Lipinski definition) is 5. The predicted molar refractivity (Wildman–Crippen MR) is 104 cm³/mol. The SMILES string of the molecule is N[C@H]1N=C(c2ccccc2)c2ccccc2N(c2ccc(CO)cn2)C1=O. The zero-order valence-corrected chi connectivity index (χ0v) is 14.5. The van der Waals surface area contributed by atoms with Crippen molar-refractivity contribution in [2.45, 2.75) is 12.8 Å². The molecule has 2 heterocycles. The second kappa shape index (κ2) is 7.11. The summed E-state index contributed by atoms with van der Waals surface area (Å²) in [5, 5.41) is 9.24. The number of pyridine rings is 1. The Labute approximate surface area is 156 Å². The van der Waals surface area contributed by atoms with Crippen molar-refractivity contribution in [1.29, 1.82) is 0 Å². The molecule has 0 saturated heterocycles. The van der Waals surface area contributed by atoms with Gasteiger partial charge >= 0.3 is 0 Å². The van der Waals surface area contributed by atoms with Crippen LogP contribution < -0.4 is 10.6 Å². The van der Waals surface area contributed by atoms with Crippen molar-refractivity contribution in [3.63, 3.8) is 0 Å². The molecule has 0 spiro atoms. The van der Waals surface area contributed by atoms with Gasteiger partial charge in [0.05, 0.1) is 18.0 Å². The third kappa shape index (κ3) is 3.12. The second-order valence-corrected chi connectivity index (χ2v) is 6.16. The summed E-state index contributed by atoms with van der Waals surface area (Å²) in [5.41, 5.74) is 9.82. The summed E-state index contributed by atoms with van der Waals surface area (Å²) in [5.74, 6) is 0.0715. The van der Waals surface area contributed by atoms with E-state index in [1.165, 1.54) is 4.90 Å². The third-order valence-corrected chi connectivity index (χ3v) is 4.41. The van der Waals surface area contributed by atoms with Gasteiger partial charge in [-0.05, 0) is 17.7 Å². The lowest BCUT2D eigenvalue weighted by atomic mass is 10.0. The van der Waals surface area contributed by atoms with E-state index in [0.29, 0.717) is 22.8 Å². The van der Waals surface area contributed by atoms with Crippen molar-refractivity contribution in [1.82, 2.24) is 4.98 Å². The van der Waals surface area contributed by atoms with Crippen LogP contribution in [0.2, 0.25) is 0 Å². The molecular weight excluding hydrogens is 340 g/mol. The van der Waals surface area contributed by atoms with Crippen molar-refractivity contribution in [3.05, 3.63) is 89.6 Å². The Bertz CT molecular complexity index is 1000. The molecule has 2 aromatic carbocycles. The smallest absolute Gasteiger partial charge is 0.272 e. The largest absolute Gasteiger partial charge is 0.392 e. The summed E-state index contributed by atoms with van der Waals surface area (Å²) < 4.78 is 0. The summed E-state index contributed by atoms with van der Waals surface area (Å²) in [4.78, 5) is 23.4.